The highest BCUT2D eigenvalue weighted by atomic mass is 32.1. The van der Waals surface area contributed by atoms with E-state index in [1.54, 1.807) is 22.3 Å². The molecule has 3 amide bonds. The zero-order chi connectivity index (χ0) is 17.3. The quantitative estimate of drug-likeness (QED) is 0.725. The summed E-state index contributed by atoms with van der Waals surface area (Å²) in [6.07, 6.45) is 1.69. The predicted molar refractivity (Wildman–Crippen MR) is 93.8 cm³/mol. The van der Waals surface area contributed by atoms with E-state index in [9.17, 15) is 9.59 Å². The lowest BCUT2D eigenvalue weighted by atomic mass is 9.98. The van der Waals surface area contributed by atoms with Gasteiger partial charge in [-0.25, -0.2) is 4.79 Å². The van der Waals surface area contributed by atoms with Gasteiger partial charge in [-0.3, -0.25) is 9.69 Å². The minimum absolute atomic E-state index is 0.0245. The lowest BCUT2D eigenvalue weighted by molar-refractivity contribution is -0.857. The number of likely N-dealkylation sites (N-methyl/N-ethyl adjacent to an activating group) is 1. The largest absolute Gasteiger partial charge is 0.338 e. The molecule has 3 heterocycles. The summed E-state index contributed by atoms with van der Waals surface area (Å²) in [4.78, 5) is 30.2. The van der Waals surface area contributed by atoms with Crippen LogP contribution in [0.25, 0.3) is 0 Å². The number of urea groups is 1. The summed E-state index contributed by atoms with van der Waals surface area (Å²) in [5.41, 5.74) is 2.48. The SMILES string of the molecule is C=CCN1C(=O)N[C@@H](c2ccsc2)C2=C1CN(CC[NH+](C)C)C2=O. The van der Waals surface area contributed by atoms with E-state index in [1.807, 2.05) is 21.7 Å². The Balaban J connectivity index is 1.94. The maximum Gasteiger partial charge on any atom is 0.322 e. The highest BCUT2D eigenvalue weighted by Crippen LogP contribution is 2.36. The van der Waals surface area contributed by atoms with Crippen molar-refractivity contribution < 1.29 is 14.5 Å². The average molecular weight is 347 g/mol. The summed E-state index contributed by atoms with van der Waals surface area (Å²) >= 11 is 1.56. The van der Waals surface area contributed by atoms with E-state index in [0.717, 1.165) is 17.8 Å². The highest BCUT2D eigenvalue weighted by Gasteiger charge is 2.43. The van der Waals surface area contributed by atoms with Crippen molar-refractivity contribution in [2.75, 3.05) is 40.3 Å². The Labute approximate surface area is 146 Å². The van der Waals surface area contributed by atoms with Gasteiger partial charge in [0, 0.05) is 6.54 Å². The molecule has 0 fully saturated rings. The van der Waals surface area contributed by atoms with Crippen molar-refractivity contribution in [3.8, 4) is 0 Å². The van der Waals surface area contributed by atoms with Gasteiger partial charge in [-0.05, 0) is 22.4 Å². The molecule has 7 heteroatoms. The molecule has 2 aliphatic rings. The molecule has 128 valence electrons. The van der Waals surface area contributed by atoms with Crippen molar-refractivity contribution in [2.24, 2.45) is 0 Å². The van der Waals surface area contributed by atoms with Crippen molar-refractivity contribution in [1.29, 1.82) is 0 Å². The van der Waals surface area contributed by atoms with Crippen LogP contribution in [0.5, 0.6) is 0 Å². The fourth-order valence-corrected chi connectivity index (χ4v) is 3.79. The minimum atomic E-state index is -0.357. The van der Waals surface area contributed by atoms with Gasteiger partial charge in [0.1, 0.15) is 0 Å². The van der Waals surface area contributed by atoms with Gasteiger partial charge in [-0.1, -0.05) is 6.08 Å². The highest BCUT2D eigenvalue weighted by molar-refractivity contribution is 7.08. The summed E-state index contributed by atoms with van der Waals surface area (Å²) in [5.74, 6) is 0.0245. The monoisotopic (exact) mass is 347 g/mol. The average Bonchev–Trinajstić information content (AvgIpc) is 3.17. The first-order chi connectivity index (χ1) is 11.5. The third kappa shape index (κ3) is 2.97. The lowest BCUT2D eigenvalue weighted by Crippen LogP contribution is -3.06. The number of hydrogen-bond donors (Lipinski definition) is 2. The van der Waals surface area contributed by atoms with Gasteiger partial charge >= 0.3 is 6.03 Å². The molecule has 1 aromatic heterocycles. The molecule has 24 heavy (non-hydrogen) atoms. The normalized spacial score (nSPS) is 20.7. The van der Waals surface area contributed by atoms with Gasteiger partial charge in [-0.15, -0.1) is 6.58 Å². The smallest absolute Gasteiger partial charge is 0.322 e. The molecule has 1 atom stereocenters. The van der Waals surface area contributed by atoms with Gasteiger partial charge in [0.15, 0.2) is 0 Å². The number of nitrogens with one attached hydrogen (secondary N) is 2. The van der Waals surface area contributed by atoms with Crippen LogP contribution in [0.4, 0.5) is 4.79 Å². The third-order valence-corrected chi connectivity index (χ3v) is 5.07. The summed E-state index contributed by atoms with van der Waals surface area (Å²) in [6, 6.07) is 1.44. The Hall–Kier alpha value is -2.12. The maximum atomic E-state index is 13.0. The molecule has 0 aliphatic carbocycles. The first kappa shape index (κ1) is 16.7. The van der Waals surface area contributed by atoms with Crippen molar-refractivity contribution in [3.63, 3.8) is 0 Å². The zero-order valence-corrected chi connectivity index (χ0v) is 14.9. The molecule has 0 saturated carbocycles. The second-order valence-electron chi connectivity index (χ2n) is 6.38. The molecule has 2 aliphatic heterocycles. The molecule has 3 rings (SSSR count). The van der Waals surface area contributed by atoms with E-state index in [-0.39, 0.29) is 18.0 Å². The third-order valence-electron chi connectivity index (χ3n) is 4.37. The van der Waals surface area contributed by atoms with Crippen LogP contribution < -0.4 is 10.2 Å². The van der Waals surface area contributed by atoms with E-state index < -0.39 is 0 Å². The Bertz CT molecular complexity index is 681. The van der Waals surface area contributed by atoms with Crippen LogP contribution in [0.2, 0.25) is 0 Å². The number of rotatable bonds is 6. The van der Waals surface area contributed by atoms with Crippen molar-refractivity contribution in [1.82, 2.24) is 15.1 Å². The standard InChI is InChI=1S/C17H22N4O2S/c1-4-6-21-13-10-20(8-7-19(2)3)16(22)14(13)15(18-17(21)23)12-5-9-24-11-12/h4-5,9,11,15H,1,6-8,10H2,2-3H3,(H,18,23)/p+1/t15-/m0/s1. The Morgan fingerprint density at radius 2 is 2.25 bits per heavy atom. The van der Waals surface area contributed by atoms with Crippen LogP contribution in [-0.2, 0) is 4.79 Å². The fourth-order valence-electron chi connectivity index (χ4n) is 3.10. The van der Waals surface area contributed by atoms with E-state index in [4.69, 9.17) is 0 Å². The molecular formula is C17H23N4O2S+. The molecule has 6 nitrogen and oxygen atoms in total. The second-order valence-corrected chi connectivity index (χ2v) is 7.16. The van der Waals surface area contributed by atoms with E-state index in [2.05, 4.69) is 26.0 Å². The molecule has 0 saturated heterocycles. The van der Waals surface area contributed by atoms with E-state index in [1.165, 1.54) is 4.90 Å². The number of nitrogens with zero attached hydrogens (tertiary/aromatic N) is 2. The Kier molecular flexibility index (Phi) is 4.73. The van der Waals surface area contributed by atoms with Gasteiger partial charge in [0.05, 0.1) is 51.0 Å². The van der Waals surface area contributed by atoms with Crippen LogP contribution in [0.1, 0.15) is 11.6 Å². The minimum Gasteiger partial charge on any atom is -0.338 e. The number of quaternary nitrogens is 1. The number of amides is 3. The number of thiophene rings is 1. The fraction of sp³-hybridized carbons (Fsp3) is 0.412. The summed E-state index contributed by atoms with van der Waals surface area (Å²) in [6.45, 7) is 6.17. The van der Waals surface area contributed by atoms with Crippen molar-refractivity contribution >= 4 is 23.3 Å². The van der Waals surface area contributed by atoms with Crippen LogP contribution in [0.3, 0.4) is 0 Å². The molecule has 0 spiro atoms. The molecule has 2 N–H and O–H groups in total. The van der Waals surface area contributed by atoms with Gasteiger partial charge < -0.3 is 15.1 Å². The number of hydrogen-bond acceptors (Lipinski definition) is 3. The topological polar surface area (TPSA) is 57.1 Å². The van der Waals surface area contributed by atoms with Gasteiger partial charge in [0.25, 0.3) is 5.91 Å². The first-order valence-electron chi connectivity index (χ1n) is 8.05. The summed E-state index contributed by atoms with van der Waals surface area (Å²) in [7, 11) is 4.13. The number of carbonyl (C=O) groups is 2. The zero-order valence-electron chi connectivity index (χ0n) is 14.0. The van der Waals surface area contributed by atoms with E-state index in [0.29, 0.717) is 25.2 Å². The molecule has 0 bridgehead atoms. The molecular weight excluding hydrogens is 324 g/mol. The van der Waals surface area contributed by atoms with Crippen LogP contribution in [-0.4, -0.2) is 62.0 Å². The van der Waals surface area contributed by atoms with Crippen molar-refractivity contribution in [2.45, 2.75) is 6.04 Å². The molecule has 0 radical (unpaired) electrons. The lowest BCUT2D eigenvalue weighted by Gasteiger charge is -2.32. The summed E-state index contributed by atoms with van der Waals surface area (Å²) in [5, 5.41) is 6.92. The predicted octanol–water partition coefficient (Wildman–Crippen LogP) is 0.241. The number of carbonyl (C=O) groups excluding carboxylic acids is 2. The van der Waals surface area contributed by atoms with Gasteiger partial charge in [0.2, 0.25) is 0 Å². The Morgan fingerprint density at radius 1 is 1.46 bits per heavy atom. The first-order valence-corrected chi connectivity index (χ1v) is 8.99. The second kappa shape index (κ2) is 6.78. The molecule has 0 aromatic carbocycles. The van der Waals surface area contributed by atoms with Crippen LogP contribution in [0.15, 0.2) is 40.8 Å². The van der Waals surface area contributed by atoms with Gasteiger partial charge in [-0.2, -0.15) is 11.3 Å². The summed E-state index contributed by atoms with van der Waals surface area (Å²) < 4.78 is 0. The van der Waals surface area contributed by atoms with Crippen LogP contribution in [0, 0.1) is 0 Å². The Morgan fingerprint density at radius 3 is 2.88 bits per heavy atom. The van der Waals surface area contributed by atoms with E-state index >= 15 is 0 Å². The molecule has 1 aromatic rings. The van der Waals surface area contributed by atoms with Crippen molar-refractivity contribution in [3.05, 3.63) is 46.3 Å². The molecule has 0 unspecified atom stereocenters. The maximum absolute atomic E-state index is 13.0. The van der Waals surface area contributed by atoms with Crippen LogP contribution >= 0.6 is 11.3 Å².